The van der Waals surface area contributed by atoms with E-state index in [4.69, 9.17) is 11.6 Å². The van der Waals surface area contributed by atoms with Crippen LogP contribution >= 0.6 is 11.6 Å². The molecule has 0 radical (unpaired) electrons. The fourth-order valence-electron chi connectivity index (χ4n) is 3.95. The minimum Gasteiger partial charge on any atom is -0.331 e. The van der Waals surface area contributed by atoms with Crippen molar-refractivity contribution in [3.05, 3.63) is 64.7 Å². The van der Waals surface area contributed by atoms with Gasteiger partial charge in [-0.05, 0) is 29.7 Å². The minimum absolute atomic E-state index is 0.119. The maximum absolute atomic E-state index is 13.7. The average Bonchev–Trinajstić information content (AvgIpc) is 3.15. The van der Waals surface area contributed by atoms with Gasteiger partial charge in [0, 0.05) is 37.9 Å². The summed E-state index contributed by atoms with van der Waals surface area (Å²) in [7, 11) is 0. The Kier molecular flexibility index (Phi) is 3.98. The van der Waals surface area contributed by atoms with Gasteiger partial charge in [0.15, 0.2) is 0 Å². The van der Waals surface area contributed by atoms with Crippen LogP contribution in [-0.4, -0.2) is 35.4 Å². The van der Waals surface area contributed by atoms with Crippen LogP contribution in [0.15, 0.2) is 42.7 Å². The van der Waals surface area contributed by atoms with E-state index in [-0.39, 0.29) is 23.7 Å². The number of aromatic nitrogens is 1. The summed E-state index contributed by atoms with van der Waals surface area (Å²) in [5.74, 6) is 0.265. The van der Waals surface area contributed by atoms with Crippen LogP contribution in [0.5, 0.6) is 0 Å². The van der Waals surface area contributed by atoms with Crippen molar-refractivity contribution in [1.29, 1.82) is 0 Å². The van der Waals surface area contributed by atoms with E-state index in [9.17, 15) is 9.18 Å². The van der Waals surface area contributed by atoms with Gasteiger partial charge in [0.1, 0.15) is 5.82 Å². The Labute approximate surface area is 144 Å². The third kappa shape index (κ3) is 2.58. The molecule has 3 atom stereocenters. The second kappa shape index (κ2) is 6.15. The number of amides is 1. The second-order valence-electron chi connectivity index (χ2n) is 6.40. The summed E-state index contributed by atoms with van der Waals surface area (Å²) < 4.78 is 13.7. The second-order valence-corrected chi connectivity index (χ2v) is 6.80. The number of rotatable bonds is 2. The molecule has 124 valence electrons. The molecule has 0 saturated carbocycles. The first-order valence-corrected chi connectivity index (χ1v) is 8.39. The molecule has 2 fully saturated rings. The van der Waals surface area contributed by atoms with Gasteiger partial charge in [0.05, 0.1) is 16.6 Å². The highest BCUT2D eigenvalue weighted by molar-refractivity contribution is 6.33. The molecule has 0 spiro atoms. The van der Waals surface area contributed by atoms with Crippen molar-refractivity contribution in [2.24, 2.45) is 11.8 Å². The molecule has 4 nitrogen and oxygen atoms in total. The largest absolute Gasteiger partial charge is 0.331 e. The maximum Gasteiger partial charge on any atom is 0.256 e. The van der Waals surface area contributed by atoms with Gasteiger partial charge in [-0.25, -0.2) is 4.39 Å². The molecule has 4 rings (SSSR count). The predicted molar refractivity (Wildman–Crippen MR) is 89.3 cm³/mol. The van der Waals surface area contributed by atoms with Crippen LogP contribution in [0, 0.1) is 17.7 Å². The molecule has 0 unspecified atom stereocenters. The lowest BCUT2D eigenvalue weighted by molar-refractivity contribution is 0.0714. The van der Waals surface area contributed by atoms with Crippen LogP contribution in [0.1, 0.15) is 22.0 Å². The first-order chi connectivity index (χ1) is 11.6. The van der Waals surface area contributed by atoms with Crippen molar-refractivity contribution < 1.29 is 9.18 Å². The Bertz CT molecular complexity index is 784. The van der Waals surface area contributed by atoms with Crippen molar-refractivity contribution in [3.63, 3.8) is 0 Å². The fourth-order valence-corrected chi connectivity index (χ4v) is 4.15. The topological polar surface area (TPSA) is 45.2 Å². The van der Waals surface area contributed by atoms with E-state index in [2.05, 4.69) is 10.3 Å². The Hall–Kier alpha value is -1.98. The van der Waals surface area contributed by atoms with Gasteiger partial charge >= 0.3 is 0 Å². The Morgan fingerprint density at radius 3 is 3.00 bits per heavy atom. The molecule has 2 saturated heterocycles. The number of hydrogen-bond acceptors (Lipinski definition) is 3. The number of nitrogens with zero attached hydrogens (tertiary/aromatic N) is 2. The summed E-state index contributed by atoms with van der Waals surface area (Å²) in [6.07, 6.45) is 3.04. The maximum atomic E-state index is 13.7. The predicted octanol–water partition coefficient (Wildman–Crippen LogP) is 2.91. The molecule has 6 heteroatoms. The van der Waals surface area contributed by atoms with E-state index in [0.717, 1.165) is 18.7 Å². The van der Waals surface area contributed by atoms with Crippen LogP contribution in [0.4, 0.5) is 4.39 Å². The third-order valence-electron chi connectivity index (χ3n) is 5.02. The quantitative estimate of drug-likeness (QED) is 0.910. The Morgan fingerprint density at radius 2 is 2.21 bits per heavy atom. The Balaban J connectivity index is 1.73. The summed E-state index contributed by atoms with van der Waals surface area (Å²) >= 11 is 6.15. The first kappa shape index (κ1) is 15.5. The van der Waals surface area contributed by atoms with Gasteiger partial charge in [0.25, 0.3) is 5.91 Å². The third-order valence-corrected chi connectivity index (χ3v) is 5.32. The van der Waals surface area contributed by atoms with E-state index in [1.54, 1.807) is 18.3 Å². The highest BCUT2D eigenvalue weighted by Gasteiger charge is 2.47. The molecular formula is C18H17ClFN3O. The van der Waals surface area contributed by atoms with Crippen molar-refractivity contribution in [2.75, 3.05) is 19.6 Å². The van der Waals surface area contributed by atoms with Gasteiger partial charge in [-0.3, -0.25) is 9.78 Å². The molecule has 1 aromatic heterocycles. The molecule has 24 heavy (non-hydrogen) atoms. The molecule has 0 aliphatic carbocycles. The van der Waals surface area contributed by atoms with Gasteiger partial charge in [-0.1, -0.05) is 23.7 Å². The summed E-state index contributed by atoms with van der Waals surface area (Å²) in [5, 5.41) is 3.72. The zero-order valence-corrected chi connectivity index (χ0v) is 13.7. The van der Waals surface area contributed by atoms with E-state index < -0.39 is 0 Å². The van der Waals surface area contributed by atoms with E-state index in [0.29, 0.717) is 23.0 Å². The first-order valence-electron chi connectivity index (χ1n) is 8.02. The summed E-state index contributed by atoms with van der Waals surface area (Å²) in [5.41, 5.74) is 1.28. The number of carbonyl (C=O) groups is 1. The SMILES string of the molecule is O=C(c1ccncc1Cl)N1C[C@@H]2CNC[C@@H]2[C@@H]1c1cccc(F)c1. The smallest absolute Gasteiger partial charge is 0.256 e. The van der Waals surface area contributed by atoms with Crippen LogP contribution in [-0.2, 0) is 0 Å². The minimum atomic E-state index is -0.281. The highest BCUT2D eigenvalue weighted by Crippen LogP contribution is 2.43. The molecule has 1 amide bonds. The van der Waals surface area contributed by atoms with Gasteiger partial charge < -0.3 is 10.2 Å². The molecule has 1 N–H and O–H groups in total. The summed E-state index contributed by atoms with van der Waals surface area (Å²) in [6.45, 7) is 2.36. The van der Waals surface area contributed by atoms with Gasteiger partial charge in [-0.15, -0.1) is 0 Å². The Morgan fingerprint density at radius 1 is 1.33 bits per heavy atom. The number of hydrogen-bond donors (Lipinski definition) is 1. The number of likely N-dealkylation sites (tertiary alicyclic amines) is 1. The average molecular weight is 346 g/mol. The number of benzene rings is 1. The van der Waals surface area contributed by atoms with Crippen LogP contribution in [0.3, 0.4) is 0 Å². The van der Waals surface area contributed by atoms with Crippen molar-refractivity contribution >= 4 is 17.5 Å². The zero-order valence-electron chi connectivity index (χ0n) is 13.0. The van der Waals surface area contributed by atoms with Crippen LogP contribution in [0.25, 0.3) is 0 Å². The standard InChI is InChI=1S/C18H17ClFN3O/c19-16-9-21-5-4-14(16)18(24)23-10-12-7-22-8-15(12)17(23)11-2-1-3-13(20)6-11/h1-6,9,12,15,17,22H,7-8,10H2/t12-,15-,17-/m0/s1. The van der Waals surface area contributed by atoms with Gasteiger partial charge in [-0.2, -0.15) is 0 Å². The molecular weight excluding hydrogens is 329 g/mol. The number of nitrogens with one attached hydrogen (secondary N) is 1. The van der Waals surface area contributed by atoms with Gasteiger partial charge in [0.2, 0.25) is 0 Å². The molecule has 2 aromatic rings. The lowest BCUT2D eigenvalue weighted by Crippen LogP contribution is -2.35. The molecule has 0 bridgehead atoms. The van der Waals surface area contributed by atoms with Crippen molar-refractivity contribution in [1.82, 2.24) is 15.2 Å². The number of fused-ring (bicyclic) bond motifs is 1. The lowest BCUT2D eigenvalue weighted by Gasteiger charge is -2.28. The zero-order chi connectivity index (χ0) is 16.7. The van der Waals surface area contributed by atoms with Crippen LogP contribution in [0.2, 0.25) is 5.02 Å². The number of pyridine rings is 1. The van der Waals surface area contributed by atoms with Crippen molar-refractivity contribution in [3.8, 4) is 0 Å². The molecule has 3 heterocycles. The lowest BCUT2D eigenvalue weighted by atomic mass is 9.89. The number of halogens is 2. The number of carbonyl (C=O) groups excluding carboxylic acids is 1. The van der Waals surface area contributed by atoms with Crippen LogP contribution < -0.4 is 5.32 Å². The summed E-state index contributed by atoms with van der Waals surface area (Å²) in [6, 6.07) is 8.04. The normalized spacial score (nSPS) is 25.8. The summed E-state index contributed by atoms with van der Waals surface area (Å²) in [4.78, 5) is 18.8. The highest BCUT2D eigenvalue weighted by atomic mass is 35.5. The molecule has 2 aliphatic heterocycles. The van der Waals surface area contributed by atoms with E-state index in [1.165, 1.54) is 18.3 Å². The van der Waals surface area contributed by atoms with E-state index in [1.807, 2.05) is 11.0 Å². The monoisotopic (exact) mass is 345 g/mol. The van der Waals surface area contributed by atoms with E-state index >= 15 is 0 Å². The fraction of sp³-hybridized carbons (Fsp3) is 0.333. The van der Waals surface area contributed by atoms with Crippen molar-refractivity contribution in [2.45, 2.75) is 6.04 Å². The molecule has 2 aliphatic rings. The molecule has 1 aromatic carbocycles.